The molecule has 0 bridgehead atoms. The number of allylic oxidation sites excluding steroid dienone is 1. The van der Waals surface area contributed by atoms with Gasteiger partial charge in [-0.3, -0.25) is 9.59 Å². The number of quaternary nitrogens is 1. The Morgan fingerprint density at radius 2 is 1.45 bits per heavy atom. The molecular formula is C38H62N4O6S. The lowest BCUT2D eigenvalue weighted by molar-refractivity contribution is -0.929. The van der Waals surface area contributed by atoms with Crippen molar-refractivity contribution in [1.29, 1.82) is 0 Å². The van der Waals surface area contributed by atoms with E-state index < -0.39 is 52.0 Å². The summed E-state index contributed by atoms with van der Waals surface area (Å²) in [5, 5.41) is 16.8. The molecule has 2 amide bonds. The Labute approximate surface area is 299 Å². The Kier molecular flexibility index (Phi) is 17.7. The van der Waals surface area contributed by atoms with Crippen LogP contribution in [-0.4, -0.2) is 88.1 Å². The SMILES string of the molecule is CCCC[N+](CCCC)(CCCC)CCCC.CCOC(=O)/C=C(\C)NC(C(=O)NC1C(=O)N2[C@@H]1SC(C)(C)[C@@H]2C(=O)[O-])c1ccccc1. The van der Waals surface area contributed by atoms with Gasteiger partial charge in [0.25, 0.3) is 0 Å². The Morgan fingerprint density at radius 3 is 1.90 bits per heavy atom. The number of rotatable bonds is 20. The maximum atomic E-state index is 13.2. The molecule has 1 aromatic rings. The first-order valence-corrected chi connectivity index (χ1v) is 19.2. The van der Waals surface area contributed by atoms with Crippen LogP contribution in [0.2, 0.25) is 0 Å². The lowest BCUT2D eigenvalue weighted by Crippen LogP contribution is -2.72. The number of unbranched alkanes of at least 4 members (excludes halogenated alkanes) is 4. The van der Waals surface area contributed by atoms with Crippen molar-refractivity contribution in [1.82, 2.24) is 15.5 Å². The molecule has 2 heterocycles. The topological polar surface area (TPSA) is 128 Å². The van der Waals surface area contributed by atoms with E-state index in [0.29, 0.717) is 11.3 Å². The summed E-state index contributed by atoms with van der Waals surface area (Å²) in [7, 11) is 0. The fraction of sp³-hybridized carbons (Fsp3) is 0.684. The third-order valence-corrected chi connectivity index (χ3v) is 10.9. The van der Waals surface area contributed by atoms with Crippen molar-refractivity contribution in [2.24, 2.45) is 0 Å². The number of carbonyl (C=O) groups excluding carboxylic acids is 4. The fourth-order valence-electron chi connectivity index (χ4n) is 6.58. The maximum Gasteiger partial charge on any atom is 0.332 e. The van der Waals surface area contributed by atoms with Crippen LogP contribution in [0.15, 0.2) is 42.1 Å². The van der Waals surface area contributed by atoms with Gasteiger partial charge < -0.3 is 34.7 Å². The Bertz CT molecular complexity index is 1200. The smallest absolute Gasteiger partial charge is 0.332 e. The Morgan fingerprint density at radius 1 is 0.939 bits per heavy atom. The highest BCUT2D eigenvalue weighted by atomic mass is 32.2. The van der Waals surface area contributed by atoms with E-state index >= 15 is 0 Å². The van der Waals surface area contributed by atoms with E-state index in [1.54, 1.807) is 52.0 Å². The minimum absolute atomic E-state index is 0.230. The largest absolute Gasteiger partial charge is 0.548 e. The van der Waals surface area contributed by atoms with Crippen LogP contribution < -0.4 is 15.7 Å². The molecule has 3 rings (SSSR count). The summed E-state index contributed by atoms with van der Waals surface area (Å²) in [6.45, 7) is 22.1. The molecule has 0 aromatic heterocycles. The van der Waals surface area contributed by atoms with Gasteiger partial charge in [-0.2, -0.15) is 0 Å². The van der Waals surface area contributed by atoms with Crippen LogP contribution >= 0.6 is 11.8 Å². The van der Waals surface area contributed by atoms with Gasteiger partial charge in [0.1, 0.15) is 17.5 Å². The van der Waals surface area contributed by atoms with E-state index in [4.69, 9.17) is 4.74 Å². The monoisotopic (exact) mass is 702 g/mol. The first-order valence-electron chi connectivity index (χ1n) is 18.3. The van der Waals surface area contributed by atoms with Crippen molar-refractivity contribution in [3.05, 3.63) is 47.7 Å². The predicted octanol–water partition coefficient (Wildman–Crippen LogP) is 5.08. The predicted molar refractivity (Wildman–Crippen MR) is 195 cm³/mol. The van der Waals surface area contributed by atoms with Crippen LogP contribution in [0.3, 0.4) is 0 Å². The fourth-order valence-corrected chi connectivity index (χ4v) is 8.20. The van der Waals surface area contributed by atoms with Crippen LogP contribution in [0.1, 0.15) is 118 Å². The van der Waals surface area contributed by atoms with E-state index in [0.717, 1.165) is 0 Å². The lowest BCUT2D eigenvalue weighted by atomic mass is 9.95. The zero-order valence-electron chi connectivity index (χ0n) is 31.2. The molecule has 2 unspecified atom stereocenters. The van der Waals surface area contributed by atoms with Crippen LogP contribution in [0, 0.1) is 0 Å². The molecule has 2 saturated heterocycles. The van der Waals surface area contributed by atoms with Gasteiger partial charge in [-0.15, -0.1) is 11.8 Å². The van der Waals surface area contributed by atoms with E-state index in [-0.39, 0.29) is 6.61 Å². The summed E-state index contributed by atoms with van der Waals surface area (Å²) < 4.78 is 5.58. The van der Waals surface area contributed by atoms with Crippen LogP contribution in [-0.2, 0) is 23.9 Å². The number of aliphatic carboxylic acids is 1. The molecule has 0 spiro atoms. The molecule has 0 radical (unpaired) electrons. The van der Waals surface area contributed by atoms with Crippen LogP contribution in [0.4, 0.5) is 0 Å². The number of nitrogens with one attached hydrogen (secondary N) is 2. The van der Waals surface area contributed by atoms with Crippen molar-refractivity contribution in [2.45, 2.75) is 135 Å². The van der Waals surface area contributed by atoms with Gasteiger partial charge >= 0.3 is 5.97 Å². The zero-order valence-corrected chi connectivity index (χ0v) is 32.0. The van der Waals surface area contributed by atoms with Crippen molar-refractivity contribution < 1.29 is 33.5 Å². The minimum Gasteiger partial charge on any atom is -0.548 e. The second kappa shape index (κ2) is 20.6. The third kappa shape index (κ3) is 12.1. The molecule has 2 aliphatic rings. The van der Waals surface area contributed by atoms with E-state index in [1.807, 2.05) is 6.07 Å². The summed E-state index contributed by atoms with van der Waals surface area (Å²) in [5.41, 5.74) is 1.06. The Balaban J connectivity index is 0.000000417. The summed E-state index contributed by atoms with van der Waals surface area (Å²) in [5.74, 6) is -2.78. The third-order valence-electron chi connectivity index (χ3n) is 9.29. The normalized spacial score (nSPS) is 20.3. The molecule has 1 aromatic carbocycles. The number of amides is 2. The van der Waals surface area contributed by atoms with Gasteiger partial charge in [-0.1, -0.05) is 83.7 Å². The molecule has 11 heteroatoms. The summed E-state index contributed by atoms with van der Waals surface area (Å²) in [6, 6.07) is 6.08. The average Bonchev–Trinajstić information content (AvgIpc) is 3.33. The van der Waals surface area contributed by atoms with Crippen molar-refractivity contribution in [3.63, 3.8) is 0 Å². The molecule has 4 atom stereocenters. The number of nitrogens with zero attached hydrogens (tertiary/aromatic N) is 2. The first kappa shape index (κ1) is 42.1. The van der Waals surface area contributed by atoms with Gasteiger partial charge in [0.15, 0.2) is 0 Å². The van der Waals surface area contributed by atoms with Crippen molar-refractivity contribution in [3.8, 4) is 0 Å². The van der Waals surface area contributed by atoms with Gasteiger partial charge in [0, 0.05) is 16.5 Å². The number of thioether (sulfide) groups is 1. The highest BCUT2D eigenvalue weighted by Crippen LogP contribution is 2.50. The van der Waals surface area contributed by atoms with Crippen LogP contribution in [0.25, 0.3) is 0 Å². The molecule has 2 aliphatic heterocycles. The number of hydrogen-bond donors (Lipinski definition) is 2. The van der Waals surface area contributed by atoms with E-state index in [2.05, 4.69) is 38.3 Å². The summed E-state index contributed by atoms with van der Waals surface area (Å²) in [4.78, 5) is 50.5. The number of carbonyl (C=O) groups is 4. The number of carboxylic acids is 1. The lowest BCUT2D eigenvalue weighted by Gasteiger charge is -2.45. The molecule has 49 heavy (non-hydrogen) atoms. The number of hydrogen-bond acceptors (Lipinski definition) is 8. The van der Waals surface area contributed by atoms with E-state index in [1.165, 1.54) is 105 Å². The van der Waals surface area contributed by atoms with Crippen molar-refractivity contribution >= 4 is 35.5 Å². The number of β-lactam (4-membered cyclic amide) rings is 1. The number of ether oxygens (including phenoxy) is 1. The second-order valence-electron chi connectivity index (χ2n) is 13.8. The second-order valence-corrected chi connectivity index (χ2v) is 15.6. The minimum atomic E-state index is -1.31. The zero-order chi connectivity index (χ0) is 36.6. The van der Waals surface area contributed by atoms with Crippen LogP contribution in [0.5, 0.6) is 0 Å². The van der Waals surface area contributed by atoms with Gasteiger partial charge in [-0.05, 0) is 58.9 Å². The number of fused-ring (bicyclic) bond motifs is 1. The van der Waals surface area contributed by atoms with Gasteiger partial charge in [0.2, 0.25) is 11.8 Å². The molecule has 2 N–H and O–H groups in total. The van der Waals surface area contributed by atoms with E-state index in [9.17, 15) is 24.3 Å². The highest BCUT2D eigenvalue weighted by Gasteiger charge is 2.62. The maximum absolute atomic E-state index is 13.2. The number of esters is 1. The number of carboxylic acid groups (broad SMARTS) is 1. The van der Waals surface area contributed by atoms with Crippen molar-refractivity contribution in [2.75, 3.05) is 32.8 Å². The number of benzene rings is 1. The average molecular weight is 703 g/mol. The highest BCUT2D eigenvalue weighted by molar-refractivity contribution is 8.01. The molecule has 2 fully saturated rings. The molecule has 10 nitrogen and oxygen atoms in total. The van der Waals surface area contributed by atoms with Gasteiger partial charge in [-0.25, -0.2) is 4.79 Å². The molecule has 0 aliphatic carbocycles. The first-order chi connectivity index (χ1) is 23.3. The summed E-state index contributed by atoms with van der Waals surface area (Å²) >= 11 is 1.32. The van der Waals surface area contributed by atoms with Gasteiger partial charge in [0.05, 0.1) is 44.8 Å². The standard InChI is InChI=1S/C22H27N3O6S.C16H36N/c1-5-31-14(26)11-12(2)23-15(13-9-7-6-8-10-13)18(27)24-16-19(28)25-17(21(29)30)22(3,4)32-20(16)25;1-5-9-13-17(14-10-6-2,15-11-7-3)16-12-8-4/h6-11,15-17,20,23H,5H2,1-4H3,(H,24,27)(H,29,30);5-16H2,1-4H3/q;+1/p-1/b12-11+;/t15?,16?,17-,20+;/m0./s1. The molecular weight excluding hydrogens is 641 g/mol. The molecule has 0 saturated carbocycles. The Hall–Kier alpha value is -3.05. The summed E-state index contributed by atoms with van der Waals surface area (Å²) in [6.07, 6.45) is 12.3. The quantitative estimate of drug-likeness (QED) is 0.0834. The molecule has 276 valence electrons.